The molecule has 0 saturated carbocycles. The van der Waals surface area contributed by atoms with Crippen LogP contribution in [0.3, 0.4) is 0 Å². The van der Waals surface area contributed by atoms with Crippen molar-refractivity contribution in [3.8, 4) is 67.3 Å². The third-order valence-electron chi connectivity index (χ3n) is 12.0. The normalized spacial score (nSPS) is 12.9. The van der Waals surface area contributed by atoms with Crippen molar-refractivity contribution in [3.05, 3.63) is 205 Å². The highest BCUT2D eigenvalue weighted by Gasteiger charge is 2.42. The molecule has 2 heteroatoms. The van der Waals surface area contributed by atoms with E-state index in [-0.39, 0.29) is 5.41 Å². The fourth-order valence-electron chi connectivity index (χ4n) is 9.35. The topological polar surface area (TPSA) is 25.8 Å². The number of hydrogen-bond acceptors (Lipinski definition) is 2. The average Bonchev–Trinajstić information content (AvgIpc) is 3.53. The van der Waals surface area contributed by atoms with Gasteiger partial charge < -0.3 is 0 Å². The Morgan fingerprint density at radius 2 is 0.789 bits per heavy atom. The van der Waals surface area contributed by atoms with Gasteiger partial charge in [0.2, 0.25) is 0 Å². The maximum atomic E-state index is 5.61. The number of aromatic nitrogens is 2. The summed E-state index contributed by atoms with van der Waals surface area (Å²) in [6, 6.07) is 69.9. The van der Waals surface area contributed by atoms with Crippen LogP contribution in [-0.4, -0.2) is 9.97 Å². The minimum Gasteiger partial charge on any atom is -0.228 e. The zero-order chi connectivity index (χ0) is 38.1. The molecule has 0 aliphatic heterocycles. The summed E-state index contributed by atoms with van der Waals surface area (Å²) in [5, 5.41) is 7.42. The van der Waals surface area contributed by atoms with Gasteiger partial charge in [-0.05, 0) is 83.4 Å². The zero-order valence-corrected chi connectivity index (χ0v) is 31.9. The maximum Gasteiger partial charge on any atom is 0.160 e. The van der Waals surface area contributed by atoms with Gasteiger partial charge in [-0.1, -0.05) is 196 Å². The van der Waals surface area contributed by atoms with Crippen molar-refractivity contribution in [1.29, 1.82) is 0 Å². The van der Waals surface area contributed by atoms with Crippen LogP contribution in [0.5, 0.6) is 0 Å². The first kappa shape index (κ1) is 33.2. The van der Waals surface area contributed by atoms with Crippen LogP contribution in [0.4, 0.5) is 0 Å². The second-order valence-electron chi connectivity index (χ2n) is 15.7. The minimum atomic E-state index is -0.360. The molecule has 11 rings (SSSR count). The third-order valence-corrected chi connectivity index (χ3v) is 12.0. The molecule has 1 aliphatic rings. The monoisotopic (exact) mass is 726 g/mol. The number of hydrogen-bond donors (Lipinski definition) is 0. The Morgan fingerprint density at radius 3 is 1.51 bits per heavy atom. The molecule has 268 valence electrons. The van der Waals surface area contributed by atoms with Crippen molar-refractivity contribution in [2.24, 2.45) is 0 Å². The van der Waals surface area contributed by atoms with Gasteiger partial charge in [0.05, 0.1) is 11.4 Å². The van der Waals surface area contributed by atoms with Crippen LogP contribution < -0.4 is 0 Å². The van der Waals surface area contributed by atoms with Gasteiger partial charge in [-0.2, -0.15) is 0 Å². The van der Waals surface area contributed by atoms with Gasteiger partial charge in [0.1, 0.15) is 0 Å². The summed E-state index contributed by atoms with van der Waals surface area (Å²) in [5.41, 5.74) is 14.6. The molecule has 57 heavy (non-hydrogen) atoms. The molecule has 0 unspecified atom stereocenters. The smallest absolute Gasteiger partial charge is 0.160 e. The van der Waals surface area contributed by atoms with Crippen molar-refractivity contribution in [2.45, 2.75) is 19.3 Å². The number of benzene rings is 9. The number of nitrogens with zero attached hydrogens (tertiary/aromatic N) is 2. The van der Waals surface area contributed by atoms with E-state index in [9.17, 15) is 0 Å². The molecule has 1 aromatic heterocycles. The molecule has 0 atom stereocenters. The predicted octanol–water partition coefficient (Wildman–Crippen LogP) is 14.6. The van der Waals surface area contributed by atoms with E-state index < -0.39 is 0 Å². The van der Waals surface area contributed by atoms with Gasteiger partial charge in [0.15, 0.2) is 5.82 Å². The molecule has 0 N–H and O–H groups in total. The Hall–Kier alpha value is -7.16. The van der Waals surface area contributed by atoms with Crippen LogP contribution in [0.25, 0.3) is 99.6 Å². The van der Waals surface area contributed by atoms with E-state index in [2.05, 4.69) is 208 Å². The first-order valence-corrected chi connectivity index (χ1v) is 19.7. The Morgan fingerprint density at radius 1 is 0.333 bits per heavy atom. The molecule has 0 bridgehead atoms. The second-order valence-corrected chi connectivity index (χ2v) is 15.7. The molecule has 0 radical (unpaired) electrons. The van der Waals surface area contributed by atoms with Crippen molar-refractivity contribution in [1.82, 2.24) is 9.97 Å². The fourth-order valence-corrected chi connectivity index (χ4v) is 9.35. The summed E-state index contributed by atoms with van der Waals surface area (Å²) < 4.78 is 0. The SMILES string of the molecule is CC1(C)c2c(-c3cccc4ccccc34)nc(-c3cccc(-c4cccc(-c5ccc(-c6ccccc6)cc5)c4)c3)nc2-c2c1c1ccccc1c1ccccc21. The molecular weight excluding hydrogens is 689 g/mol. The summed E-state index contributed by atoms with van der Waals surface area (Å²) in [5.74, 6) is 0.729. The predicted molar refractivity (Wildman–Crippen MR) is 239 cm³/mol. The molecular formula is C55H38N2. The Bertz CT molecular complexity index is 3190. The lowest BCUT2D eigenvalue weighted by atomic mass is 9.77. The van der Waals surface area contributed by atoms with Gasteiger partial charge in [-0.25, -0.2) is 9.97 Å². The Balaban J connectivity index is 1.10. The van der Waals surface area contributed by atoms with Crippen LogP contribution in [0.1, 0.15) is 25.0 Å². The lowest BCUT2D eigenvalue weighted by Crippen LogP contribution is -2.18. The fraction of sp³-hybridized carbons (Fsp3) is 0.0545. The molecule has 0 amide bonds. The Kier molecular flexibility index (Phi) is 7.55. The Labute approximate surface area is 332 Å². The van der Waals surface area contributed by atoms with E-state index in [0.29, 0.717) is 0 Å². The van der Waals surface area contributed by atoms with Crippen LogP contribution >= 0.6 is 0 Å². The highest BCUT2D eigenvalue weighted by molar-refractivity contribution is 6.18. The van der Waals surface area contributed by atoms with E-state index >= 15 is 0 Å². The first-order chi connectivity index (χ1) is 28.0. The van der Waals surface area contributed by atoms with Gasteiger partial charge >= 0.3 is 0 Å². The van der Waals surface area contributed by atoms with E-state index in [0.717, 1.165) is 39.5 Å². The quantitative estimate of drug-likeness (QED) is 0.165. The van der Waals surface area contributed by atoms with Crippen molar-refractivity contribution >= 4 is 32.3 Å². The highest BCUT2D eigenvalue weighted by Crippen LogP contribution is 2.56. The molecule has 10 aromatic rings. The van der Waals surface area contributed by atoms with E-state index in [1.807, 2.05) is 0 Å². The average molecular weight is 727 g/mol. The molecule has 0 fully saturated rings. The number of rotatable bonds is 5. The van der Waals surface area contributed by atoms with E-state index in [1.54, 1.807) is 0 Å². The van der Waals surface area contributed by atoms with Gasteiger partial charge in [-0.15, -0.1) is 0 Å². The van der Waals surface area contributed by atoms with Crippen LogP contribution in [-0.2, 0) is 5.41 Å². The summed E-state index contributed by atoms with van der Waals surface area (Å²) >= 11 is 0. The van der Waals surface area contributed by atoms with Crippen molar-refractivity contribution < 1.29 is 0 Å². The van der Waals surface area contributed by atoms with Crippen LogP contribution in [0, 0.1) is 0 Å². The van der Waals surface area contributed by atoms with E-state index in [4.69, 9.17) is 9.97 Å². The van der Waals surface area contributed by atoms with E-state index in [1.165, 1.54) is 71.3 Å². The maximum absolute atomic E-state index is 5.61. The van der Waals surface area contributed by atoms with Crippen molar-refractivity contribution in [3.63, 3.8) is 0 Å². The van der Waals surface area contributed by atoms with Gasteiger partial charge in [0, 0.05) is 27.7 Å². The first-order valence-electron chi connectivity index (χ1n) is 19.7. The van der Waals surface area contributed by atoms with Crippen molar-refractivity contribution in [2.75, 3.05) is 0 Å². The molecule has 9 aromatic carbocycles. The van der Waals surface area contributed by atoms with Gasteiger partial charge in [-0.3, -0.25) is 0 Å². The summed E-state index contributed by atoms with van der Waals surface area (Å²) in [6.45, 7) is 4.72. The standard InChI is InChI=1S/C55H38N2/c1-55(2)50-47-27-11-9-25-45(47)44-24-8-10-26-46(44)49(50)53-51(55)52(48-28-14-18-38-17-6-7-23-43(38)48)56-54(57-53)42-22-13-21-41(34-42)40-20-12-19-39(33-40)37-31-29-36(30-32-37)35-15-4-3-5-16-35/h3-34H,1-2H3. The summed E-state index contributed by atoms with van der Waals surface area (Å²) in [4.78, 5) is 11.2. The molecule has 1 aliphatic carbocycles. The lowest BCUT2D eigenvalue weighted by molar-refractivity contribution is 0.664. The highest BCUT2D eigenvalue weighted by atomic mass is 14.9. The zero-order valence-electron chi connectivity index (χ0n) is 31.9. The summed E-state index contributed by atoms with van der Waals surface area (Å²) in [7, 11) is 0. The summed E-state index contributed by atoms with van der Waals surface area (Å²) in [6.07, 6.45) is 0. The van der Waals surface area contributed by atoms with Crippen LogP contribution in [0.15, 0.2) is 194 Å². The third kappa shape index (κ3) is 5.33. The largest absolute Gasteiger partial charge is 0.228 e. The van der Waals surface area contributed by atoms with Crippen LogP contribution in [0.2, 0.25) is 0 Å². The molecule has 0 saturated heterocycles. The lowest BCUT2D eigenvalue weighted by Gasteiger charge is -2.26. The van der Waals surface area contributed by atoms with Gasteiger partial charge in [0.25, 0.3) is 0 Å². The minimum absolute atomic E-state index is 0.360. The second kappa shape index (κ2) is 13.0. The molecule has 2 nitrogen and oxygen atoms in total. The molecule has 1 heterocycles. The molecule has 0 spiro atoms. The number of fused-ring (bicyclic) bond motifs is 9.